The number of carbonyl (C=O) groups excluding carboxylic acids is 5. The summed E-state index contributed by atoms with van der Waals surface area (Å²) in [5.41, 5.74) is 1.58. The highest BCUT2D eigenvalue weighted by molar-refractivity contribution is 6.23. The van der Waals surface area contributed by atoms with Gasteiger partial charge in [-0.3, -0.25) is 24.0 Å². The number of ketones is 1. The van der Waals surface area contributed by atoms with Gasteiger partial charge in [-0.05, 0) is 23.6 Å². The summed E-state index contributed by atoms with van der Waals surface area (Å²) in [7, 11) is 1.15. The number of hydrogen-bond donors (Lipinski definition) is 3. The number of methoxy groups -OCH3 is 1. The summed E-state index contributed by atoms with van der Waals surface area (Å²) in [5.74, 6) is -3.46. The Kier molecular flexibility index (Phi) is 10.0. The van der Waals surface area contributed by atoms with Crippen molar-refractivity contribution in [1.82, 2.24) is 20.9 Å². The van der Waals surface area contributed by atoms with E-state index in [-0.39, 0.29) is 35.5 Å². The first-order chi connectivity index (χ1) is 20.7. The second kappa shape index (κ2) is 14.1. The number of ether oxygens (including phenoxy) is 3. The summed E-state index contributed by atoms with van der Waals surface area (Å²) in [4.78, 5) is 68.1. The maximum absolute atomic E-state index is 13.3. The van der Waals surface area contributed by atoms with Crippen LogP contribution in [0.3, 0.4) is 0 Å². The zero-order chi connectivity index (χ0) is 30.9. The molecule has 0 spiro atoms. The molecule has 12 nitrogen and oxygen atoms in total. The monoisotopic (exact) mass is 588 g/mol. The number of nitrogens with one attached hydrogen (secondary N) is 3. The molecule has 1 aliphatic heterocycles. The van der Waals surface area contributed by atoms with Crippen LogP contribution in [0.4, 0.5) is 0 Å². The van der Waals surface area contributed by atoms with Crippen LogP contribution in [0.1, 0.15) is 36.3 Å². The zero-order valence-electron chi connectivity index (χ0n) is 23.9. The summed E-state index contributed by atoms with van der Waals surface area (Å²) in [6.45, 7) is 2.83. The number of pyridine rings is 1. The van der Waals surface area contributed by atoms with Crippen molar-refractivity contribution in [3.63, 3.8) is 0 Å². The molecule has 2 heterocycles. The first kappa shape index (κ1) is 30.7. The molecule has 12 heteroatoms. The highest BCUT2D eigenvalue weighted by Gasteiger charge is 2.32. The van der Waals surface area contributed by atoms with Crippen molar-refractivity contribution < 1.29 is 38.2 Å². The zero-order valence-corrected chi connectivity index (χ0v) is 23.9. The number of amides is 3. The molecule has 3 N–H and O–H groups in total. The van der Waals surface area contributed by atoms with Crippen LogP contribution >= 0.6 is 0 Å². The Bertz CT molecular complexity index is 1550. The van der Waals surface area contributed by atoms with Crippen molar-refractivity contribution in [2.75, 3.05) is 20.4 Å². The topological polar surface area (TPSA) is 162 Å². The van der Waals surface area contributed by atoms with Crippen LogP contribution in [0.15, 0.2) is 72.7 Å². The second-order valence-electron chi connectivity index (χ2n) is 10.00. The molecule has 2 aromatic carbocycles. The molecule has 4 rings (SSSR count). The predicted molar refractivity (Wildman–Crippen MR) is 155 cm³/mol. The Hall–Kier alpha value is -5.26. The molecule has 0 radical (unpaired) electrons. The second-order valence-corrected chi connectivity index (χ2v) is 10.00. The molecule has 3 aromatic rings. The fraction of sp³-hybridized carbons (Fsp3) is 0.290. The van der Waals surface area contributed by atoms with E-state index >= 15 is 0 Å². The van der Waals surface area contributed by atoms with Crippen molar-refractivity contribution in [2.45, 2.75) is 32.4 Å². The third kappa shape index (κ3) is 7.73. The van der Waals surface area contributed by atoms with Crippen LogP contribution in [0.2, 0.25) is 0 Å². The molecule has 2 unspecified atom stereocenters. The third-order valence-corrected chi connectivity index (χ3v) is 6.63. The van der Waals surface area contributed by atoms with Crippen molar-refractivity contribution in [3.8, 4) is 0 Å². The normalized spacial score (nSPS) is 14.1. The minimum absolute atomic E-state index is 0.0464. The number of esters is 1. The summed E-state index contributed by atoms with van der Waals surface area (Å²) < 4.78 is 15.6. The van der Waals surface area contributed by atoms with E-state index < -0.39 is 48.9 Å². The van der Waals surface area contributed by atoms with E-state index in [0.717, 1.165) is 12.5 Å². The van der Waals surface area contributed by atoms with Gasteiger partial charge in [-0.1, -0.05) is 68.4 Å². The molecule has 0 saturated carbocycles. The van der Waals surface area contributed by atoms with E-state index in [4.69, 9.17) is 14.2 Å². The fourth-order valence-corrected chi connectivity index (χ4v) is 4.35. The number of rotatable bonds is 12. The van der Waals surface area contributed by atoms with Gasteiger partial charge in [-0.15, -0.1) is 0 Å². The van der Waals surface area contributed by atoms with Crippen molar-refractivity contribution in [3.05, 3.63) is 83.9 Å². The first-order valence-corrected chi connectivity index (χ1v) is 13.6. The molecular formula is C31H32N4O8. The Balaban J connectivity index is 1.42. The van der Waals surface area contributed by atoms with Gasteiger partial charge < -0.3 is 30.2 Å². The third-order valence-electron chi connectivity index (χ3n) is 6.63. The van der Waals surface area contributed by atoms with Crippen molar-refractivity contribution in [1.29, 1.82) is 0 Å². The van der Waals surface area contributed by atoms with Gasteiger partial charge in [0.15, 0.2) is 13.3 Å². The van der Waals surface area contributed by atoms with Crippen LogP contribution in [-0.4, -0.2) is 67.0 Å². The number of para-hydroxylation sites is 1. The van der Waals surface area contributed by atoms with E-state index in [1.807, 2.05) is 12.1 Å². The highest BCUT2D eigenvalue weighted by atomic mass is 16.7. The summed E-state index contributed by atoms with van der Waals surface area (Å²) in [6, 6.07) is 17.0. The number of nitrogens with zero attached hydrogens (tertiary/aromatic N) is 1. The molecule has 0 saturated heterocycles. The van der Waals surface area contributed by atoms with Gasteiger partial charge in [-0.25, -0.2) is 4.98 Å². The van der Waals surface area contributed by atoms with E-state index in [1.165, 1.54) is 0 Å². The van der Waals surface area contributed by atoms with E-state index in [2.05, 4.69) is 20.9 Å². The Morgan fingerprint density at radius 3 is 2.37 bits per heavy atom. The Morgan fingerprint density at radius 1 is 0.930 bits per heavy atom. The SMILES string of the molecule is COC(=O)CC(NC(=O)C(NC(=O)c1ccc2ccccc2n1)C(C)C)C(=O)NCOC1=C(c2ccccc2)C(=O)CO1. The molecular weight excluding hydrogens is 556 g/mol. The van der Waals surface area contributed by atoms with E-state index in [9.17, 15) is 24.0 Å². The quantitative estimate of drug-likeness (QED) is 0.212. The van der Waals surface area contributed by atoms with Crippen LogP contribution in [-0.2, 0) is 33.4 Å². The number of Topliss-reactive ketones (excluding diaryl/α,β-unsaturated/α-hetero) is 1. The van der Waals surface area contributed by atoms with Gasteiger partial charge >= 0.3 is 5.97 Å². The van der Waals surface area contributed by atoms with Gasteiger partial charge in [0.05, 0.1) is 19.0 Å². The van der Waals surface area contributed by atoms with Crippen molar-refractivity contribution in [2.24, 2.45) is 5.92 Å². The van der Waals surface area contributed by atoms with Crippen LogP contribution in [0, 0.1) is 5.92 Å². The average Bonchev–Trinajstić information content (AvgIpc) is 3.38. The predicted octanol–water partition coefficient (Wildman–Crippen LogP) is 2.10. The van der Waals surface area contributed by atoms with Gasteiger partial charge in [0.1, 0.15) is 23.4 Å². The van der Waals surface area contributed by atoms with Gasteiger partial charge in [0, 0.05) is 5.39 Å². The Morgan fingerprint density at radius 2 is 1.65 bits per heavy atom. The van der Waals surface area contributed by atoms with Crippen LogP contribution in [0.25, 0.3) is 16.5 Å². The average molecular weight is 589 g/mol. The molecule has 0 bridgehead atoms. The van der Waals surface area contributed by atoms with Gasteiger partial charge in [0.2, 0.25) is 17.6 Å². The number of aromatic nitrogens is 1. The number of carbonyl (C=O) groups is 5. The van der Waals surface area contributed by atoms with Gasteiger partial charge in [-0.2, -0.15) is 0 Å². The minimum Gasteiger partial charge on any atom is -0.469 e. The number of hydrogen-bond acceptors (Lipinski definition) is 9. The lowest BCUT2D eigenvalue weighted by Gasteiger charge is -2.25. The standard InChI is InChI=1S/C31H32N4O8/c1-18(2)27(35-29(39)22-14-13-19-9-7-8-12-21(19)33-22)30(40)34-23(15-25(37)41-3)28(38)32-17-43-31-26(24(36)16-42-31)20-10-5-4-6-11-20/h4-14,18,23,27H,15-17H2,1-3H3,(H,32,38)(H,34,40)(H,35,39). The summed E-state index contributed by atoms with van der Waals surface area (Å²) in [6.07, 6.45) is -0.480. The van der Waals surface area contributed by atoms with Crippen LogP contribution < -0.4 is 16.0 Å². The first-order valence-electron chi connectivity index (χ1n) is 13.6. The molecule has 224 valence electrons. The maximum atomic E-state index is 13.3. The van der Waals surface area contributed by atoms with Crippen molar-refractivity contribution >= 4 is 46.0 Å². The summed E-state index contributed by atoms with van der Waals surface area (Å²) >= 11 is 0. The Labute approximate surface area is 247 Å². The minimum atomic E-state index is -1.35. The highest BCUT2D eigenvalue weighted by Crippen LogP contribution is 2.26. The molecule has 1 aliphatic rings. The summed E-state index contributed by atoms with van der Waals surface area (Å²) in [5, 5.41) is 8.54. The maximum Gasteiger partial charge on any atom is 0.308 e. The molecule has 3 amide bonds. The molecule has 2 atom stereocenters. The lowest BCUT2D eigenvalue weighted by Crippen LogP contribution is -2.56. The van der Waals surface area contributed by atoms with Crippen LogP contribution in [0.5, 0.6) is 0 Å². The lowest BCUT2D eigenvalue weighted by atomic mass is 10.0. The molecule has 43 heavy (non-hydrogen) atoms. The largest absolute Gasteiger partial charge is 0.469 e. The van der Waals surface area contributed by atoms with E-state index in [0.29, 0.717) is 11.1 Å². The smallest absolute Gasteiger partial charge is 0.308 e. The fourth-order valence-electron chi connectivity index (χ4n) is 4.35. The molecule has 0 aliphatic carbocycles. The number of benzene rings is 2. The van der Waals surface area contributed by atoms with E-state index in [1.54, 1.807) is 68.4 Å². The van der Waals surface area contributed by atoms with Gasteiger partial charge in [0.25, 0.3) is 11.9 Å². The number of fused-ring (bicyclic) bond motifs is 1. The molecule has 1 aromatic heterocycles. The lowest BCUT2D eigenvalue weighted by molar-refractivity contribution is -0.144. The molecule has 0 fully saturated rings.